The van der Waals surface area contributed by atoms with Crippen molar-refractivity contribution in [2.24, 2.45) is 0 Å². The summed E-state index contributed by atoms with van der Waals surface area (Å²) in [5, 5.41) is 3.28. The van der Waals surface area contributed by atoms with E-state index >= 15 is 0 Å². The lowest BCUT2D eigenvalue weighted by Gasteiger charge is -2.19. The molecular weight excluding hydrogens is 224 g/mol. The Morgan fingerprint density at radius 3 is 2.62 bits per heavy atom. The number of imide groups is 1. The molecule has 0 aromatic heterocycles. The Balaban J connectivity index is 2.55. The Kier molecular flexibility index (Phi) is 5.28. The normalized spacial score (nSPS) is 22.9. The van der Waals surface area contributed by atoms with Crippen LogP contribution in [0.2, 0.25) is 0 Å². The van der Waals surface area contributed by atoms with Crippen LogP contribution in [-0.4, -0.2) is 47.4 Å². The number of hydrogen-bond donors (Lipinski definition) is 1. The molecule has 92 valence electrons. The van der Waals surface area contributed by atoms with Gasteiger partial charge in [0.05, 0.1) is 12.5 Å². The Labute approximate surface area is 101 Å². The number of nitrogens with zero attached hydrogens (tertiary/aromatic N) is 1. The average Bonchev–Trinajstić information content (AvgIpc) is 2.53. The minimum atomic E-state index is -0.301. The molecular formula is C11H20N2O2S. The van der Waals surface area contributed by atoms with Crippen molar-refractivity contribution in [1.29, 1.82) is 0 Å². The van der Waals surface area contributed by atoms with Gasteiger partial charge in [0.15, 0.2) is 0 Å². The summed E-state index contributed by atoms with van der Waals surface area (Å²) in [6, 6.07) is 0.0121. The van der Waals surface area contributed by atoms with E-state index in [0.29, 0.717) is 19.0 Å². The first-order valence-corrected chi connectivity index (χ1v) is 7.12. The van der Waals surface area contributed by atoms with Crippen LogP contribution in [0.15, 0.2) is 0 Å². The number of hydrogen-bond acceptors (Lipinski definition) is 4. The third-order valence-corrected chi connectivity index (χ3v) is 3.59. The molecule has 5 heteroatoms. The fraction of sp³-hybridized carbons (Fsp3) is 0.818. The van der Waals surface area contributed by atoms with Gasteiger partial charge in [-0.3, -0.25) is 14.5 Å². The molecule has 0 aromatic carbocycles. The number of amides is 2. The van der Waals surface area contributed by atoms with Crippen LogP contribution in [0.1, 0.15) is 26.7 Å². The van der Waals surface area contributed by atoms with Gasteiger partial charge in [-0.15, -0.1) is 0 Å². The van der Waals surface area contributed by atoms with Gasteiger partial charge >= 0.3 is 0 Å². The fourth-order valence-corrected chi connectivity index (χ4v) is 2.65. The number of rotatable bonds is 6. The number of likely N-dealkylation sites (tertiary alicyclic amines) is 1. The second-order valence-electron chi connectivity index (χ2n) is 3.96. The molecule has 0 spiro atoms. The predicted molar refractivity (Wildman–Crippen MR) is 66.4 cm³/mol. The van der Waals surface area contributed by atoms with Gasteiger partial charge in [0.1, 0.15) is 0 Å². The van der Waals surface area contributed by atoms with Crippen LogP contribution in [0.3, 0.4) is 0 Å². The van der Waals surface area contributed by atoms with E-state index in [1.54, 1.807) is 11.8 Å². The zero-order valence-corrected chi connectivity index (χ0v) is 11.0. The highest BCUT2D eigenvalue weighted by Gasteiger charge is 2.37. The van der Waals surface area contributed by atoms with Crippen molar-refractivity contribution in [2.75, 3.05) is 18.6 Å². The molecule has 2 atom stereocenters. The zero-order valence-electron chi connectivity index (χ0n) is 10.2. The molecule has 0 radical (unpaired) electrons. The van der Waals surface area contributed by atoms with E-state index in [9.17, 15) is 9.59 Å². The molecule has 1 fully saturated rings. The molecule has 1 N–H and O–H groups in total. The minimum absolute atomic E-state index is 0.0518. The van der Waals surface area contributed by atoms with Crippen LogP contribution in [-0.2, 0) is 9.59 Å². The summed E-state index contributed by atoms with van der Waals surface area (Å²) in [4.78, 5) is 24.7. The summed E-state index contributed by atoms with van der Waals surface area (Å²) < 4.78 is 0. The molecule has 16 heavy (non-hydrogen) atoms. The van der Waals surface area contributed by atoms with Gasteiger partial charge in [-0.05, 0) is 19.6 Å². The van der Waals surface area contributed by atoms with Gasteiger partial charge in [-0.25, -0.2) is 0 Å². The van der Waals surface area contributed by atoms with E-state index in [2.05, 4.69) is 12.2 Å². The van der Waals surface area contributed by atoms with Crippen LogP contribution >= 0.6 is 11.8 Å². The summed E-state index contributed by atoms with van der Waals surface area (Å²) in [6.45, 7) is 4.40. The fourth-order valence-electron chi connectivity index (χ4n) is 1.92. The number of nitrogens with one attached hydrogen (secondary N) is 1. The molecule has 2 unspecified atom stereocenters. The molecule has 1 heterocycles. The van der Waals surface area contributed by atoms with Crippen molar-refractivity contribution in [3.05, 3.63) is 0 Å². The molecule has 2 amide bonds. The maximum atomic E-state index is 11.8. The first-order chi connectivity index (χ1) is 7.63. The lowest BCUT2D eigenvalue weighted by Crippen LogP contribution is -2.44. The monoisotopic (exact) mass is 244 g/mol. The van der Waals surface area contributed by atoms with E-state index in [4.69, 9.17) is 0 Å². The molecule has 0 aliphatic carbocycles. The maximum absolute atomic E-state index is 11.8. The zero-order chi connectivity index (χ0) is 12.1. The Morgan fingerprint density at radius 1 is 1.50 bits per heavy atom. The summed E-state index contributed by atoms with van der Waals surface area (Å²) >= 11 is 1.75. The first-order valence-electron chi connectivity index (χ1n) is 5.73. The quantitative estimate of drug-likeness (QED) is 0.704. The van der Waals surface area contributed by atoms with Crippen molar-refractivity contribution in [1.82, 2.24) is 10.2 Å². The summed E-state index contributed by atoms with van der Waals surface area (Å²) in [6.07, 6.45) is 3.34. The van der Waals surface area contributed by atoms with Crippen molar-refractivity contribution < 1.29 is 9.59 Å². The standard InChI is InChI=1S/C11H20N2O2S/c1-4-8(7-16-3)12-9-6-10(14)13(5-2)11(9)15/h8-9,12H,4-7H2,1-3H3. The highest BCUT2D eigenvalue weighted by Crippen LogP contribution is 2.14. The van der Waals surface area contributed by atoms with Crippen molar-refractivity contribution in [3.63, 3.8) is 0 Å². The maximum Gasteiger partial charge on any atom is 0.246 e. The van der Waals surface area contributed by atoms with Gasteiger partial charge < -0.3 is 5.32 Å². The van der Waals surface area contributed by atoms with Gasteiger partial charge in [0.2, 0.25) is 11.8 Å². The molecule has 1 aliphatic rings. The highest BCUT2D eigenvalue weighted by atomic mass is 32.2. The number of carbonyl (C=O) groups is 2. The largest absolute Gasteiger partial charge is 0.302 e. The Hall–Kier alpha value is -0.550. The van der Waals surface area contributed by atoms with Gasteiger partial charge in [0.25, 0.3) is 0 Å². The Bertz CT molecular complexity index is 271. The van der Waals surface area contributed by atoms with Crippen LogP contribution < -0.4 is 5.32 Å². The molecule has 0 bridgehead atoms. The molecule has 0 saturated carbocycles. The van der Waals surface area contributed by atoms with Gasteiger partial charge in [-0.2, -0.15) is 11.8 Å². The van der Waals surface area contributed by atoms with Gasteiger partial charge in [-0.1, -0.05) is 6.92 Å². The molecule has 0 aromatic rings. The number of thioether (sulfide) groups is 1. The third kappa shape index (κ3) is 2.98. The lowest BCUT2D eigenvalue weighted by molar-refractivity contribution is -0.138. The van der Waals surface area contributed by atoms with Crippen LogP contribution in [0.4, 0.5) is 0 Å². The molecule has 4 nitrogen and oxygen atoms in total. The van der Waals surface area contributed by atoms with E-state index in [0.717, 1.165) is 12.2 Å². The lowest BCUT2D eigenvalue weighted by atomic mass is 10.2. The highest BCUT2D eigenvalue weighted by molar-refractivity contribution is 7.98. The first kappa shape index (κ1) is 13.5. The second kappa shape index (κ2) is 6.25. The third-order valence-electron chi connectivity index (χ3n) is 2.86. The number of carbonyl (C=O) groups excluding carboxylic acids is 2. The van der Waals surface area contributed by atoms with Crippen LogP contribution in [0.25, 0.3) is 0 Å². The SMILES string of the molecule is CCC(CSC)NC1CC(=O)N(CC)C1=O. The van der Waals surface area contributed by atoms with Gasteiger partial charge in [0, 0.05) is 18.3 Å². The van der Waals surface area contributed by atoms with E-state index in [1.807, 2.05) is 13.2 Å². The van der Waals surface area contributed by atoms with Crippen molar-refractivity contribution in [2.45, 2.75) is 38.8 Å². The summed E-state index contributed by atoms with van der Waals surface area (Å²) in [5.41, 5.74) is 0. The van der Waals surface area contributed by atoms with Crippen molar-refractivity contribution >= 4 is 23.6 Å². The van der Waals surface area contributed by atoms with Crippen LogP contribution in [0.5, 0.6) is 0 Å². The second-order valence-corrected chi connectivity index (χ2v) is 4.87. The minimum Gasteiger partial charge on any atom is -0.302 e. The van der Waals surface area contributed by atoms with Crippen LogP contribution in [0, 0.1) is 0 Å². The van der Waals surface area contributed by atoms with Crippen molar-refractivity contribution in [3.8, 4) is 0 Å². The topological polar surface area (TPSA) is 49.4 Å². The Morgan fingerprint density at radius 2 is 2.19 bits per heavy atom. The molecule has 1 aliphatic heterocycles. The predicted octanol–water partition coefficient (Wildman–Crippen LogP) is 0.865. The smallest absolute Gasteiger partial charge is 0.246 e. The summed E-state index contributed by atoms with van der Waals surface area (Å²) in [7, 11) is 0. The average molecular weight is 244 g/mol. The van der Waals surface area contributed by atoms with E-state index in [1.165, 1.54) is 4.90 Å². The van der Waals surface area contributed by atoms with E-state index < -0.39 is 0 Å². The summed E-state index contributed by atoms with van der Waals surface area (Å²) in [5.74, 6) is 0.858. The molecule has 1 saturated heterocycles. The van der Waals surface area contributed by atoms with E-state index in [-0.39, 0.29) is 17.9 Å². The molecule has 1 rings (SSSR count). The number of likely N-dealkylation sites (N-methyl/N-ethyl adjacent to an activating group) is 1.